The first-order chi connectivity index (χ1) is 18.1. The van der Waals surface area contributed by atoms with Gasteiger partial charge in [0.25, 0.3) is 10.2 Å². The predicted molar refractivity (Wildman–Crippen MR) is 145 cm³/mol. The van der Waals surface area contributed by atoms with Gasteiger partial charge >= 0.3 is 0 Å². The number of benzene rings is 3. The molecular weight excluding hydrogens is 547 g/mol. The van der Waals surface area contributed by atoms with Crippen molar-refractivity contribution in [3.05, 3.63) is 101 Å². The molecule has 1 atom stereocenters. The van der Waals surface area contributed by atoms with E-state index in [1.54, 1.807) is 30.3 Å². The summed E-state index contributed by atoms with van der Waals surface area (Å²) in [7, 11) is -6.69. The van der Waals surface area contributed by atoms with Crippen LogP contribution < -0.4 is 5.14 Å². The van der Waals surface area contributed by atoms with Crippen LogP contribution in [0.4, 0.5) is 0 Å². The third-order valence-electron chi connectivity index (χ3n) is 5.81. The van der Waals surface area contributed by atoms with Crippen LogP contribution in [0, 0.1) is 0 Å². The van der Waals surface area contributed by atoms with Gasteiger partial charge in [-0.15, -0.1) is 21.5 Å². The quantitative estimate of drug-likeness (QED) is 0.282. The lowest BCUT2D eigenvalue weighted by atomic mass is 10.1. The molecule has 0 radical (unpaired) electrons. The number of hydrogen-bond acceptors (Lipinski definition) is 9. The summed E-state index contributed by atoms with van der Waals surface area (Å²) in [6.07, 6.45) is 0. The second-order valence-electron chi connectivity index (χ2n) is 8.61. The first kappa shape index (κ1) is 26.1. The Morgan fingerprint density at radius 1 is 0.921 bits per heavy atom. The molecule has 0 amide bonds. The maximum atomic E-state index is 13.8. The highest BCUT2D eigenvalue weighted by molar-refractivity contribution is 7.91. The second kappa shape index (κ2) is 10.3. The van der Waals surface area contributed by atoms with Crippen LogP contribution in [0.25, 0.3) is 21.3 Å². The van der Waals surface area contributed by atoms with Gasteiger partial charge in [0.1, 0.15) is 5.01 Å². The standard InChI is InChI=1S/C25H23N5O5S3/c1-30(38(26,33)34)15-22-28-29-24(35-22)23(37(31,32)16-17-8-4-2-5-9-17)25-27-20-13-12-19(14-21(20)36-25)18-10-6-3-7-11-18/h2-14,23H,15-16H2,1H3,(H2,26,33,34). The van der Waals surface area contributed by atoms with Gasteiger partial charge in [0, 0.05) is 7.05 Å². The van der Waals surface area contributed by atoms with Gasteiger partial charge in [0.2, 0.25) is 11.8 Å². The predicted octanol–water partition coefficient (Wildman–Crippen LogP) is 3.69. The number of nitrogens with zero attached hydrogens (tertiary/aromatic N) is 4. The summed E-state index contributed by atoms with van der Waals surface area (Å²) < 4.78 is 58.0. The Labute approximate surface area is 223 Å². The molecule has 3 aromatic carbocycles. The molecule has 1 unspecified atom stereocenters. The van der Waals surface area contributed by atoms with Gasteiger partial charge in [0.15, 0.2) is 15.1 Å². The number of thiazole rings is 1. The van der Waals surface area contributed by atoms with Crippen LogP contribution in [0.15, 0.2) is 83.3 Å². The minimum atomic E-state index is -4.00. The van der Waals surface area contributed by atoms with E-state index in [4.69, 9.17) is 9.56 Å². The minimum absolute atomic E-state index is 0.0936. The van der Waals surface area contributed by atoms with E-state index >= 15 is 0 Å². The molecule has 0 aliphatic rings. The van der Waals surface area contributed by atoms with Crippen LogP contribution in [0.3, 0.4) is 0 Å². The molecule has 0 spiro atoms. The van der Waals surface area contributed by atoms with Crippen molar-refractivity contribution in [2.24, 2.45) is 5.14 Å². The van der Waals surface area contributed by atoms with Gasteiger partial charge in [-0.1, -0.05) is 66.7 Å². The van der Waals surface area contributed by atoms with Gasteiger partial charge in [-0.3, -0.25) is 0 Å². The van der Waals surface area contributed by atoms with Gasteiger partial charge in [-0.25, -0.2) is 18.5 Å². The Bertz CT molecular complexity index is 1790. The van der Waals surface area contributed by atoms with Crippen LogP contribution in [-0.2, 0) is 32.3 Å². The summed E-state index contributed by atoms with van der Waals surface area (Å²) in [4.78, 5) is 4.63. The van der Waals surface area contributed by atoms with E-state index in [1.165, 1.54) is 18.4 Å². The maximum Gasteiger partial charge on any atom is 0.277 e. The molecule has 0 saturated heterocycles. The molecule has 2 aromatic heterocycles. The van der Waals surface area contributed by atoms with E-state index in [9.17, 15) is 16.8 Å². The maximum absolute atomic E-state index is 13.8. The average molecular weight is 570 g/mol. The zero-order valence-electron chi connectivity index (χ0n) is 20.1. The van der Waals surface area contributed by atoms with Crippen molar-refractivity contribution in [3.8, 4) is 11.1 Å². The Morgan fingerprint density at radius 2 is 1.61 bits per heavy atom. The molecule has 13 heteroatoms. The minimum Gasteiger partial charge on any atom is -0.422 e. The number of rotatable bonds is 9. The van der Waals surface area contributed by atoms with Crippen LogP contribution in [0.2, 0.25) is 0 Å². The van der Waals surface area contributed by atoms with Crippen molar-refractivity contribution in [2.45, 2.75) is 17.5 Å². The first-order valence-corrected chi connectivity index (χ1v) is 15.4. The Morgan fingerprint density at radius 3 is 2.29 bits per heavy atom. The normalized spacial score (nSPS) is 13.2. The first-order valence-electron chi connectivity index (χ1n) is 11.4. The molecule has 0 fully saturated rings. The summed E-state index contributed by atoms with van der Waals surface area (Å²) in [5, 5.41) is 11.9. The van der Waals surface area contributed by atoms with Crippen LogP contribution in [0.1, 0.15) is 27.6 Å². The number of aromatic nitrogens is 3. The van der Waals surface area contributed by atoms with Crippen molar-refractivity contribution in [2.75, 3.05) is 7.05 Å². The highest BCUT2D eigenvalue weighted by Gasteiger charge is 2.37. The molecule has 38 heavy (non-hydrogen) atoms. The summed E-state index contributed by atoms with van der Waals surface area (Å²) in [5.74, 6) is -0.566. The van der Waals surface area contributed by atoms with E-state index < -0.39 is 25.3 Å². The fourth-order valence-corrected chi connectivity index (χ4v) is 7.33. The topological polar surface area (TPSA) is 149 Å². The van der Waals surface area contributed by atoms with E-state index in [1.807, 2.05) is 48.5 Å². The second-order valence-corrected chi connectivity index (χ2v) is 13.4. The third kappa shape index (κ3) is 5.66. The zero-order valence-corrected chi connectivity index (χ0v) is 22.6. The molecule has 2 N–H and O–H groups in total. The van der Waals surface area contributed by atoms with Gasteiger partial charge < -0.3 is 4.42 Å². The number of sulfone groups is 1. The fraction of sp³-hybridized carbons (Fsp3) is 0.160. The number of hydrogen-bond donors (Lipinski definition) is 1. The molecule has 0 aliphatic heterocycles. The fourth-order valence-electron chi connectivity index (χ4n) is 3.88. The van der Waals surface area contributed by atoms with Crippen LogP contribution >= 0.6 is 11.3 Å². The molecular formula is C25H23N5O5S3. The van der Waals surface area contributed by atoms with Crippen molar-refractivity contribution in [1.82, 2.24) is 19.5 Å². The summed E-state index contributed by atoms with van der Waals surface area (Å²) in [5.41, 5.74) is 3.23. The highest BCUT2D eigenvalue weighted by Crippen LogP contribution is 2.38. The lowest BCUT2D eigenvalue weighted by molar-refractivity contribution is 0.381. The molecule has 0 bridgehead atoms. The summed E-state index contributed by atoms with van der Waals surface area (Å²) in [6.45, 7) is -0.308. The van der Waals surface area contributed by atoms with Crippen molar-refractivity contribution >= 4 is 41.6 Å². The molecule has 5 aromatic rings. The highest BCUT2D eigenvalue weighted by atomic mass is 32.2. The zero-order chi connectivity index (χ0) is 26.9. The lowest BCUT2D eigenvalue weighted by Gasteiger charge is -2.12. The molecule has 0 aliphatic carbocycles. The van der Waals surface area contributed by atoms with Gasteiger partial charge in [-0.05, 0) is 28.8 Å². The Balaban J connectivity index is 1.57. The smallest absolute Gasteiger partial charge is 0.277 e. The van der Waals surface area contributed by atoms with E-state index in [0.29, 0.717) is 11.1 Å². The largest absolute Gasteiger partial charge is 0.422 e. The van der Waals surface area contributed by atoms with Crippen molar-refractivity contribution < 1.29 is 21.3 Å². The van der Waals surface area contributed by atoms with E-state index in [2.05, 4.69) is 15.2 Å². The van der Waals surface area contributed by atoms with Gasteiger partial charge in [0.05, 0.1) is 22.5 Å². The van der Waals surface area contributed by atoms with E-state index in [-0.39, 0.29) is 29.1 Å². The Kier molecular flexibility index (Phi) is 7.11. The number of fused-ring (bicyclic) bond motifs is 1. The molecule has 196 valence electrons. The summed E-state index contributed by atoms with van der Waals surface area (Å²) >= 11 is 1.23. The SMILES string of the molecule is CN(Cc1nnc(C(c2nc3ccc(-c4ccccc4)cc3s2)S(=O)(=O)Cc2ccccc2)o1)S(N)(=O)=O. The molecule has 2 heterocycles. The monoisotopic (exact) mass is 569 g/mol. The van der Waals surface area contributed by atoms with Crippen molar-refractivity contribution in [3.63, 3.8) is 0 Å². The molecule has 10 nitrogen and oxygen atoms in total. The third-order valence-corrected chi connectivity index (χ3v) is 9.91. The molecule has 0 saturated carbocycles. The Hall–Kier alpha value is -3.49. The van der Waals surface area contributed by atoms with Gasteiger partial charge in [-0.2, -0.15) is 12.7 Å². The lowest BCUT2D eigenvalue weighted by Crippen LogP contribution is -2.32. The van der Waals surface area contributed by atoms with Crippen LogP contribution in [0.5, 0.6) is 0 Å². The summed E-state index contributed by atoms with van der Waals surface area (Å²) in [6, 6.07) is 24.3. The average Bonchev–Trinajstić information content (AvgIpc) is 3.50. The number of nitrogens with two attached hydrogens (primary N) is 1. The molecule has 5 rings (SSSR count). The van der Waals surface area contributed by atoms with E-state index in [0.717, 1.165) is 20.1 Å². The van der Waals surface area contributed by atoms with Crippen LogP contribution in [-0.4, -0.2) is 43.4 Å². The van der Waals surface area contributed by atoms with Crippen molar-refractivity contribution in [1.29, 1.82) is 0 Å².